The van der Waals surface area contributed by atoms with Crippen molar-refractivity contribution in [1.29, 1.82) is 0 Å². The third kappa shape index (κ3) is 4.74. The van der Waals surface area contributed by atoms with Crippen molar-refractivity contribution in [1.82, 2.24) is 9.78 Å². The molecular formula is C23H25N3O2. The van der Waals surface area contributed by atoms with Crippen LogP contribution in [0.25, 0.3) is 11.3 Å². The van der Waals surface area contributed by atoms with Crippen LogP contribution in [0.4, 0.5) is 5.69 Å². The van der Waals surface area contributed by atoms with Gasteiger partial charge in [0.05, 0.1) is 5.69 Å². The van der Waals surface area contributed by atoms with E-state index in [2.05, 4.69) is 10.4 Å². The van der Waals surface area contributed by atoms with Gasteiger partial charge in [-0.1, -0.05) is 42.0 Å². The molecule has 0 saturated heterocycles. The van der Waals surface area contributed by atoms with Gasteiger partial charge in [0.25, 0.3) is 5.56 Å². The molecule has 0 saturated carbocycles. The monoisotopic (exact) mass is 375 g/mol. The lowest BCUT2D eigenvalue weighted by atomic mass is 10.1. The van der Waals surface area contributed by atoms with Gasteiger partial charge in [0.15, 0.2) is 0 Å². The highest BCUT2D eigenvalue weighted by Crippen LogP contribution is 2.18. The van der Waals surface area contributed by atoms with Crippen molar-refractivity contribution in [2.75, 3.05) is 5.32 Å². The van der Waals surface area contributed by atoms with Crippen molar-refractivity contribution in [2.45, 2.75) is 40.2 Å². The number of rotatable bonds is 6. The van der Waals surface area contributed by atoms with Crippen LogP contribution in [0.3, 0.4) is 0 Å². The molecule has 3 rings (SSSR count). The molecule has 0 aliphatic carbocycles. The molecule has 1 heterocycles. The standard InChI is InChI=1S/C23H25N3O2/c1-16-9-11-19(12-10-16)21-13-14-23(28)26(25-21)15-5-8-22(27)24-20-7-4-6-17(2)18(20)3/h4,6-7,9-14H,5,8,15H2,1-3H3,(H,24,27). The normalized spacial score (nSPS) is 10.7. The average Bonchev–Trinajstić information content (AvgIpc) is 2.68. The molecule has 0 fully saturated rings. The number of nitrogens with zero attached hydrogens (tertiary/aromatic N) is 2. The molecule has 0 spiro atoms. The van der Waals surface area contributed by atoms with Crippen LogP contribution in [0, 0.1) is 20.8 Å². The maximum absolute atomic E-state index is 12.3. The molecule has 0 atom stereocenters. The van der Waals surface area contributed by atoms with Gasteiger partial charge in [0.1, 0.15) is 0 Å². The fourth-order valence-corrected chi connectivity index (χ4v) is 2.98. The minimum atomic E-state index is -0.161. The number of carbonyl (C=O) groups is 1. The highest BCUT2D eigenvalue weighted by Gasteiger charge is 2.08. The SMILES string of the molecule is Cc1ccc(-c2ccc(=O)n(CCCC(=O)Nc3cccc(C)c3C)n2)cc1. The molecule has 0 aliphatic heterocycles. The minimum Gasteiger partial charge on any atom is -0.326 e. The molecule has 0 aliphatic rings. The lowest BCUT2D eigenvalue weighted by molar-refractivity contribution is -0.116. The maximum Gasteiger partial charge on any atom is 0.266 e. The predicted molar refractivity (Wildman–Crippen MR) is 112 cm³/mol. The Morgan fingerprint density at radius 3 is 2.50 bits per heavy atom. The number of anilines is 1. The van der Waals surface area contributed by atoms with E-state index in [9.17, 15) is 9.59 Å². The van der Waals surface area contributed by atoms with E-state index in [1.165, 1.54) is 16.3 Å². The second-order valence-electron chi connectivity index (χ2n) is 7.05. The molecule has 144 valence electrons. The Bertz CT molecular complexity index is 1040. The molecule has 0 radical (unpaired) electrons. The van der Waals surface area contributed by atoms with Gasteiger partial charge < -0.3 is 5.32 Å². The predicted octanol–water partition coefficient (Wildman–Crippen LogP) is 4.25. The second-order valence-corrected chi connectivity index (χ2v) is 7.05. The van der Waals surface area contributed by atoms with Crippen LogP contribution in [0.5, 0.6) is 0 Å². The topological polar surface area (TPSA) is 64.0 Å². The van der Waals surface area contributed by atoms with Crippen LogP contribution in [-0.4, -0.2) is 15.7 Å². The Hall–Kier alpha value is -3.21. The summed E-state index contributed by atoms with van der Waals surface area (Å²) in [7, 11) is 0. The van der Waals surface area contributed by atoms with Crippen LogP contribution in [0.2, 0.25) is 0 Å². The summed E-state index contributed by atoms with van der Waals surface area (Å²) in [6.07, 6.45) is 0.872. The van der Waals surface area contributed by atoms with E-state index in [1.54, 1.807) is 6.07 Å². The van der Waals surface area contributed by atoms with Crippen molar-refractivity contribution in [3.05, 3.63) is 81.6 Å². The maximum atomic E-state index is 12.3. The van der Waals surface area contributed by atoms with Gasteiger partial charge in [0.2, 0.25) is 5.91 Å². The zero-order valence-corrected chi connectivity index (χ0v) is 16.5. The zero-order chi connectivity index (χ0) is 20.1. The van der Waals surface area contributed by atoms with Gasteiger partial charge >= 0.3 is 0 Å². The van der Waals surface area contributed by atoms with E-state index < -0.39 is 0 Å². The Kier molecular flexibility index (Phi) is 6.04. The Morgan fingerprint density at radius 1 is 1.00 bits per heavy atom. The summed E-state index contributed by atoms with van der Waals surface area (Å²) in [5, 5.41) is 7.40. The van der Waals surface area contributed by atoms with E-state index in [1.807, 2.05) is 63.2 Å². The third-order valence-electron chi connectivity index (χ3n) is 4.87. The lowest BCUT2D eigenvalue weighted by Crippen LogP contribution is -2.23. The van der Waals surface area contributed by atoms with Crippen LogP contribution in [0.15, 0.2) is 59.4 Å². The molecule has 0 bridgehead atoms. The molecule has 3 aromatic rings. The number of hydrogen-bond donors (Lipinski definition) is 1. The molecule has 5 heteroatoms. The van der Waals surface area contributed by atoms with Gasteiger partial charge in [-0.3, -0.25) is 9.59 Å². The number of carbonyl (C=O) groups excluding carboxylic acids is 1. The van der Waals surface area contributed by atoms with Gasteiger partial charge in [-0.05, 0) is 50.5 Å². The van der Waals surface area contributed by atoms with E-state index >= 15 is 0 Å². The van der Waals surface area contributed by atoms with Crippen LogP contribution >= 0.6 is 0 Å². The molecular weight excluding hydrogens is 350 g/mol. The third-order valence-corrected chi connectivity index (χ3v) is 4.87. The quantitative estimate of drug-likeness (QED) is 0.700. The molecule has 28 heavy (non-hydrogen) atoms. The number of aryl methyl sites for hydroxylation is 3. The molecule has 5 nitrogen and oxygen atoms in total. The number of amides is 1. The summed E-state index contributed by atoms with van der Waals surface area (Å²) in [4.78, 5) is 24.4. The molecule has 2 aromatic carbocycles. The fraction of sp³-hybridized carbons (Fsp3) is 0.261. The first-order valence-electron chi connectivity index (χ1n) is 9.45. The minimum absolute atomic E-state index is 0.0589. The number of aromatic nitrogens is 2. The number of hydrogen-bond acceptors (Lipinski definition) is 3. The van der Waals surface area contributed by atoms with Gasteiger partial charge in [-0.15, -0.1) is 0 Å². The second kappa shape index (κ2) is 8.65. The summed E-state index contributed by atoms with van der Waals surface area (Å²) >= 11 is 0. The first kappa shape index (κ1) is 19.5. The van der Waals surface area contributed by atoms with Crippen molar-refractivity contribution < 1.29 is 4.79 Å². The molecule has 1 aromatic heterocycles. The zero-order valence-electron chi connectivity index (χ0n) is 16.5. The fourth-order valence-electron chi connectivity index (χ4n) is 2.98. The van der Waals surface area contributed by atoms with Crippen LogP contribution < -0.4 is 10.9 Å². The molecule has 0 unspecified atom stereocenters. The van der Waals surface area contributed by atoms with Crippen molar-refractivity contribution >= 4 is 11.6 Å². The molecule has 1 N–H and O–H groups in total. The lowest BCUT2D eigenvalue weighted by Gasteiger charge is -2.11. The summed E-state index contributed by atoms with van der Waals surface area (Å²) < 4.78 is 1.43. The summed E-state index contributed by atoms with van der Waals surface area (Å²) in [6.45, 7) is 6.44. The van der Waals surface area contributed by atoms with Gasteiger partial charge in [0, 0.05) is 30.3 Å². The van der Waals surface area contributed by atoms with Crippen molar-refractivity contribution in [2.24, 2.45) is 0 Å². The smallest absolute Gasteiger partial charge is 0.266 e. The Labute approximate surface area is 165 Å². The van der Waals surface area contributed by atoms with E-state index in [0.717, 1.165) is 28.1 Å². The summed E-state index contributed by atoms with van der Waals surface area (Å²) in [5.74, 6) is -0.0589. The summed E-state index contributed by atoms with van der Waals surface area (Å²) in [6, 6.07) is 17.1. The first-order chi connectivity index (χ1) is 13.4. The van der Waals surface area contributed by atoms with Crippen LogP contribution in [0.1, 0.15) is 29.5 Å². The number of benzene rings is 2. The first-order valence-corrected chi connectivity index (χ1v) is 9.45. The average molecular weight is 375 g/mol. The van der Waals surface area contributed by atoms with Crippen molar-refractivity contribution in [3.8, 4) is 11.3 Å². The van der Waals surface area contributed by atoms with Gasteiger partial charge in [-0.2, -0.15) is 5.10 Å². The largest absolute Gasteiger partial charge is 0.326 e. The highest BCUT2D eigenvalue weighted by molar-refractivity contribution is 5.91. The van der Waals surface area contributed by atoms with E-state index in [0.29, 0.717) is 19.4 Å². The van der Waals surface area contributed by atoms with Crippen molar-refractivity contribution in [3.63, 3.8) is 0 Å². The van der Waals surface area contributed by atoms with Crippen LogP contribution in [-0.2, 0) is 11.3 Å². The summed E-state index contributed by atoms with van der Waals surface area (Å²) in [5.41, 5.74) is 5.77. The van der Waals surface area contributed by atoms with E-state index in [-0.39, 0.29) is 11.5 Å². The van der Waals surface area contributed by atoms with Gasteiger partial charge in [-0.25, -0.2) is 4.68 Å². The number of nitrogens with one attached hydrogen (secondary N) is 1. The van der Waals surface area contributed by atoms with E-state index in [4.69, 9.17) is 0 Å². The Balaban J connectivity index is 1.62. The highest BCUT2D eigenvalue weighted by atomic mass is 16.1. The Morgan fingerprint density at radius 2 is 1.75 bits per heavy atom. The molecule has 1 amide bonds.